The van der Waals surface area contributed by atoms with E-state index in [4.69, 9.17) is 23.7 Å². The van der Waals surface area contributed by atoms with E-state index >= 15 is 0 Å². The Bertz CT molecular complexity index is 1100. The molecule has 0 heterocycles. The molecule has 37 heavy (non-hydrogen) atoms. The molecule has 0 bridgehead atoms. The Kier molecular flexibility index (Phi) is 10.5. The molecule has 0 spiro atoms. The number of carbonyl (C=O) groups excluding carboxylic acids is 1. The molecule has 0 radical (unpaired) electrons. The van der Waals surface area contributed by atoms with Crippen LogP contribution in [0.3, 0.4) is 0 Å². The number of hydrogen-bond acceptors (Lipinski definition) is 8. The van der Waals surface area contributed by atoms with Crippen LogP contribution in [0.25, 0.3) is 0 Å². The van der Waals surface area contributed by atoms with Crippen LogP contribution in [0.2, 0.25) is 0 Å². The average molecular weight is 523 g/mol. The molecule has 1 atom stereocenters. The third kappa shape index (κ3) is 8.78. The second-order valence-corrected chi connectivity index (χ2v) is 9.32. The van der Waals surface area contributed by atoms with Gasteiger partial charge in [-0.2, -0.15) is 0 Å². The molecular formula is C26H35FN2O8. The molecule has 0 saturated carbocycles. The van der Waals surface area contributed by atoms with Crippen LogP contribution in [0.1, 0.15) is 56.9 Å². The molecule has 1 unspecified atom stereocenters. The van der Waals surface area contributed by atoms with Crippen molar-refractivity contribution in [1.82, 2.24) is 5.32 Å². The summed E-state index contributed by atoms with van der Waals surface area (Å²) in [5.41, 5.74) is 0.105. The van der Waals surface area contributed by atoms with Gasteiger partial charge in [0.1, 0.15) is 17.2 Å². The first-order valence-electron chi connectivity index (χ1n) is 11.8. The zero-order valence-corrected chi connectivity index (χ0v) is 22.3. The molecule has 1 N–H and O–H groups in total. The van der Waals surface area contributed by atoms with Crippen LogP contribution < -0.4 is 19.5 Å². The number of carbonyl (C=O) groups is 1. The summed E-state index contributed by atoms with van der Waals surface area (Å²) >= 11 is 0. The van der Waals surface area contributed by atoms with Gasteiger partial charge in [0.25, 0.3) is 5.69 Å². The number of methoxy groups -OCH3 is 2. The molecular weight excluding hydrogens is 487 g/mol. The molecule has 0 saturated heterocycles. The number of amides is 1. The summed E-state index contributed by atoms with van der Waals surface area (Å²) in [5.74, 6) is 0.516. The highest BCUT2D eigenvalue weighted by Crippen LogP contribution is 2.39. The number of nitrogens with one attached hydrogen (secondary N) is 1. The van der Waals surface area contributed by atoms with Gasteiger partial charge in [-0.15, -0.1) is 0 Å². The number of nitro benzene ring substituents is 1. The van der Waals surface area contributed by atoms with E-state index in [0.717, 1.165) is 0 Å². The maximum atomic E-state index is 14.5. The van der Waals surface area contributed by atoms with E-state index in [0.29, 0.717) is 24.3 Å². The Labute approximate surface area is 216 Å². The third-order valence-electron chi connectivity index (χ3n) is 5.22. The van der Waals surface area contributed by atoms with E-state index in [1.165, 1.54) is 32.4 Å². The van der Waals surface area contributed by atoms with E-state index < -0.39 is 28.5 Å². The standard InChI is InChI=1S/C26H35FN2O8/c1-16-11-19(33-6)12-18(24(16)27)15-36-17(2)20-13-22(34-7)23(14-21(20)29(31)32)35-10-8-9-28-25(30)37-26(3,4)5/h11-14,17H,8-10,15H2,1-7H3,(H,28,30)/i27+0. The van der Waals surface area contributed by atoms with E-state index in [1.807, 2.05) is 0 Å². The molecule has 0 aliphatic carbocycles. The number of benzene rings is 2. The number of ether oxygens (including phenoxy) is 5. The van der Waals surface area contributed by atoms with Crippen molar-refractivity contribution in [3.8, 4) is 17.2 Å². The lowest BCUT2D eigenvalue weighted by Crippen LogP contribution is -2.33. The van der Waals surface area contributed by atoms with Crippen molar-refractivity contribution >= 4 is 11.8 Å². The largest absolute Gasteiger partial charge is 0.497 e. The molecule has 0 aromatic heterocycles. The molecule has 10 nitrogen and oxygen atoms in total. The lowest BCUT2D eigenvalue weighted by atomic mass is 10.1. The minimum absolute atomic E-state index is 0.118. The predicted molar refractivity (Wildman–Crippen MR) is 135 cm³/mol. The van der Waals surface area contributed by atoms with E-state index in [2.05, 4.69) is 5.32 Å². The van der Waals surface area contributed by atoms with Gasteiger partial charge in [-0.25, -0.2) is 9.18 Å². The summed E-state index contributed by atoms with van der Waals surface area (Å²) in [7, 11) is 2.90. The van der Waals surface area contributed by atoms with Crippen LogP contribution in [-0.4, -0.2) is 44.0 Å². The first-order valence-corrected chi connectivity index (χ1v) is 11.8. The lowest BCUT2D eigenvalue weighted by Gasteiger charge is -2.19. The second-order valence-electron chi connectivity index (χ2n) is 9.32. The van der Waals surface area contributed by atoms with Gasteiger partial charge in [0.2, 0.25) is 0 Å². The van der Waals surface area contributed by atoms with Crippen molar-refractivity contribution in [2.75, 3.05) is 27.4 Å². The highest BCUT2D eigenvalue weighted by Gasteiger charge is 2.25. The Hall–Kier alpha value is -3.60. The fourth-order valence-corrected chi connectivity index (χ4v) is 3.41. The Morgan fingerprint density at radius 3 is 2.43 bits per heavy atom. The van der Waals surface area contributed by atoms with Crippen LogP contribution in [0.4, 0.5) is 14.9 Å². The topological polar surface area (TPSA) is 118 Å². The Morgan fingerprint density at radius 2 is 1.84 bits per heavy atom. The molecule has 2 rings (SSSR count). The van der Waals surface area contributed by atoms with Gasteiger partial charge in [-0.3, -0.25) is 10.1 Å². The van der Waals surface area contributed by atoms with Crippen molar-refractivity contribution in [3.63, 3.8) is 0 Å². The summed E-state index contributed by atoms with van der Waals surface area (Å²) in [6.07, 6.45) is -0.862. The molecule has 0 fully saturated rings. The van der Waals surface area contributed by atoms with Gasteiger partial charge < -0.3 is 29.0 Å². The molecule has 1 amide bonds. The fraction of sp³-hybridized carbons (Fsp3) is 0.500. The van der Waals surface area contributed by atoms with Gasteiger partial charge in [0, 0.05) is 12.1 Å². The smallest absolute Gasteiger partial charge is 0.407 e. The van der Waals surface area contributed by atoms with Crippen molar-refractivity contribution in [2.45, 2.75) is 59.4 Å². The average Bonchev–Trinajstić information content (AvgIpc) is 2.82. The highest BCUT2D eigenvalue weighted by atomic mass is 19.1. The quantitative estimate of drug-likeness (QED) is 0.216. The molecule has 11 heteroatoms. The van der Waals surface area contributed by atoms with E-state index in [1.54, 1.807) is 40.7 Å². The fourth-order valence-electron chi connectivity index (χ4n) is 3.41. The minimum atomic E-state index is -0.757. The SMILES string of the molecule is COc1cc(C)c([19F])c(COC(C)c2cc(OC)c(OCCCNC(=O)OC(C)(C)C)cc2[N+](=O)[O-])c1. The van der Waals surface area contributed by atoms with Crippen LogP contribution in [0.15, 0.2) is 24.3 Å². The van der Waals surface area contributed by atoms with Crippen LogP contribution in [0, 0.1) is 22.9 Å². The number of alkyl carbamates (subject to hydrolysis) is 1. The Morgan fingerprint density at radius 1 is 1.14 bits per heavy atom. The molecule has 2 aromatic carbocycles. The third-order valence-corrected chi connectivity index (χ3v) is 5.22. The maximum Gasteiger partial charge on any atom is 0.407 e. The predicted octanol–water partition coefficient (Wildman–Crippen LogP) is 5.63. The molecule has 0 aliphatic rings. The maximum absolute atomic E-state index is 14.5. The normalized spacial score (nSPS) is 12.0. The van der Waals surface area contributed by atoms with Gasteiger partial charge in [-0.1, -0.05) is 0 Å². The minimum Gasteiger partial charge on any atom is -0.497 e. The van der Waals surface area contributed by atoms with E-state index in [-0.39, 0.29) is 41.5 Å². The summed E-state index contributed by atoms with van der Waals surface area (Å²) in [6, 6.07) is 5.85. The zero-order chi connectivity index (χ0) is 27.8. The number of halogens is 1. The van der Waals surface area contributed by atoms with Crippen LogP contribution >= 0.6 is 0 Å². The number of rotatable bonds is 12. The van der Waals surface area contributed by atoms with Crippen molar-refractivity contribution < 1.29 is 37.8 Å². The van der Waals surface area contributed by atoms with Crippen LogP contribution in [-0.2, 0) is 16.1 Å². The number of nitrogens with zero attached hydrogens (tertiary/aromatic N) is 1. The number of hydrogen-bond donors (Lipinski definition) is 1. The molecule has 2 aromatic rings. The van der Waals surface area contributed by atoms with Crippen molar-refractivity contribution in [1.29, 1.82) is 0 Å². The lowest BCUT2D eigenvalue weighted by molar-refractivity contribution is -0.386. The first-order chi connectivity index (χ1) is 17.4. The van der Waals surface area contributed by atoms with Crippen molar-refractivity contribution in [3.05, 3.63) is 56.9 Å². The first kappa shape index (κ1) is 29.6. The van der Waals surface area contributed by atoms with Gasteiger partial charge in [-0.05, 0) is 64.8 Å². The summed E-state index contributed by atoms with van der Waals surface area (Å²) in [5, 5.41) is 14.4. The summed E-state index contributed by atoms with van der Waals surface area (Å²) < 4.78 is 41.8. The number of aryl methyl sites for hydroxylation is 1. The Balaban J connectivity index is 2.09. The summed E-state index contributed by atoms with van der Waals surface area (Å²) in [6.45, 7) is 8.90. The number of nitro groups is 1. The van der Waals surface area contributed by atoms with Gasteiger partial charge >= 0.3 is 6.09 Å². The monoisotopic (exact) mass is 522 g/mol. The van der Waals surface area contributed by atoms with Gasteiger partial charge in [0.05, 0.1) is 50.1 Å². The van der Waals surface area contributed by atoms with Crippen molar-refractivity contribution in [2.24, 2.45) is 0 Å². The highest BCUT2D eigenvalue weighted by molar-refractivity contribution is 5.67. The molecule has 0 aliphatic heterocycles. The molecule has 204 valence electrons. The van der Waals surface area contributed by atoms with Gasteiger partial charge in [0.15, 0.2) is 11.5 Å². The van der Waals surface area contributed by atoms with E-state index in [9.17, 15) is 19.3 Å². The van der Waals surface area contributed by atoms with Crippen LogP contribution in [0.5, 0.6) is 17.2 Å². The second kappa shape index (κ2) is 13.1. The summed E-state index contributed by atoms with van der Waals surface area (Å²) in [4.78, 5) is 23.0. The zero-order valence-electron chi connectivity index (χ0n) is 22.3.